The number of methoxy groups -OCH3 is 1. The summed E-state index contributed by atoms with van der Waals surface area (Å²) in [7, 11) is 1.55. The van der Waals surface area contributed by atoms with Gasteiger partial charge in [0.05, 0.1) is 31.0 Å². The molecule has 1 heterocycles. The summed E-state index contributed by atoms with van der Waals surface area (Å²) in [5.41, 5.74) is 1.02. The van der Waals surface area contributed by atoms with Gasteiger partial charge in [-0.05, 0) is 31.0 Å². The van der Waals surface area contributed by atoms with Gasteiger partial charge in [0.15, 0.2) is 0 Å². The average Bonchev–Trinajstić information content (AvgIpc) is 2.70. The third-order valence-electron chi connectivity index (χ3n) is 3.95. The second kappa shape index (κ2) is 10.1. The third-order valence-corrected chi connectivity index (χ3v) is 3.95. The van der Waals surface area contributed by atoms with Crippen molar-refractivity contribution in [1.82, 2.24) is 10.6 Å². The molecule has 8 nitrogen and oxygen atoms in total. The van der Waals surface area contributed by atoms with Crippen molar-refractivity contribution < 1.29 is 28.6 Å². The molecule has 0 aromatic heterocycles. The minimum Gasteiger partial charge on any atom is -0.497 e. The highest BCUT2D eigenvalue weighted by atomic mass is 16.5. The zero-order chi connectivity index (χ0) is 20.5. The van der Waals surface area contributed by atoms with Gasteiger partial charge in [-0.3, -0.25) is 0 Å². The Labute approximate surface area is 163 Å². The van der Waals surface area contributed by atoms with Gasteiger partial charge in [0, 0.05) is 6.08 Å². The Morgan fingerprint density at radius 1 is 1.14 bits per heavy atom. The van der Waals surface area contributed by atoms with E-state index in [1.54, 1.807) is 44.4 Å². The molecule has 0 fully saturated rings. The molecule has 8 heteroatoms. The van der Waals surface area contributed by atoms with Crippen molar-refractivity contribution in [2.45, 2.75) is 26.3 Å². The molecule has 0 radical (unpaired) electrons. The summed E-state index contributed by atoms with van der Waals surface area (Å²) >= 11 is 0. The lowest BCUT2D eigenvalue weighted by Crippen LogP contribution is -2.47. The molecule has 0 saturated carbocycles. The monoisotopic (exact) mass is 388 g/mol. The summed E-state index contributed by atoms with van der Waals surface area (Å²) in [6.45, 7) is 3.47. The fourth-order valence-corrected chi connectivity index (χ4v) is 2.63. The van der Waals surface area contributed by atoms with E-state index in [0.717, 1.165) is 0 Å². The normalized spacial score (nSPS) is 16.4. The molecule has 0 unspecified atom stereocenters. The average molecular weight is 388 g/mol. The van der Waals surface area contributed by atoms with E-state index in [-0.39, 0.29) is 24.5 Å². The highest BCUT2D eigenvalue weighted by Crippen LogP contribution is 2.29. The molecule has 1 aromatic rings. The number of carbonyl (C=O) groups is 3. The van der Waals surface area contributed by atoms with E-state index in [9.17, 15) is 14.4 Å². The molecule has 2 amide bonds. The number of benzene rings is 1. The molecule has 2 rings (SSSR count). The number of hydrogen-bond acceptors (Lipinski definition) is 6. The predicted octanol–water partition coefficient (Wildman–Crippen LogP) is 2.38. The number of hydrogen-bond donors (Lipinski definition) is 2. The predicted molar refractivity (Wildman–Crippen MR) is 101 cm³/mol. The lowest BCUT2D eigenvalue weighted by Gasteiger charge is -2.29. The van der Waals surface area contributed by atoms with Crippen LogP contribution in [-0.2, 0) is 19.1 Å². The van der Waals surface area contributed by atoms with Gasteiger partial charge in [-0.15, -0.1) is 0 Å². The number of esters is 2. The maximum atomic E-state index is 12.6. The van der Waals surface area contributed by atoms with Crippen LogP contribution in [0.5, 0.6) is 5.75 Å². The molecule has 1 atom stereocenters. The van der Waals surface area contributed by atoms with Gasteiger partial charge in [0.1, 0.15) is 12.4 Å². The van der Waals surface area contributed by atoms with E-state index in [1.165, 1.54) is 6.08 Å². The smallest absolute Gasteiger partial charge is 0.338 e. The second-order valence-corrected chi connectivity index (χ2v) is 5.84. The zero-order valence-corrected chi connectivity index (χ0v) is 16.1. The topological polar surface area (TPSA) is 103 Å². The lowest BCUT2D eigenvalue weighted by molar-refractivity contribution is -0.140. The number of urea groups is 1. The number of nitrogens with one attached hydrogen (secondary N) is 2. The summed E-state index contributed by atoms with van der Waals surface area (Å²) in [5.74, 6) is -0.528. The summed E-state index contributed by atoms with van der Waals surface area (Å²) in [6.07, 6.45) is 3.64. The van der Waals surface area contributed by atoms with Crippen molar-refractivity contribution in [3.8, 4) is 5.75 Å². The largest absolute Gasteiger partial charge is 0.497 e. The standard InChI is InChI=1S/C20H24N2O6/c1-4-6-7-16(23)28-12-15-17(19(24)27-5-2)18(22-20(25)21-15)13-8-10-14(26-3)11-9-13/h6-11,18H,4-5,12H2,1-3H3,(H2,21,22,25)/b7-6+/t18-/m0/s1. The molecular weight excluding hydrogens is 364 g/mol. The molecule has 0 bridgehead atoms. The fourth-order valence-electron chi connectivity index (χ4n) is 2.63. The molecule has 150 valence electrons. The van der Waals surface area contributed by atoms with Gasteiger partial charge in [-0.25, -0.2) is 14.4 Å². The van der Waals surface area contributed by atoms with E-state index in [1.807, 2.05) is 6.92 Å². The SMILES string of the molecule is CC/C=C/C(=O)OCC1=C(C(=O)OCC)[C@H](c2ccc(OC)cc2)NC(=O)N1. The van der Waals surface area contributed by atoms with Crippen LogP contribution in [-0.4, -0.2) is 38.3 Å². The second-order valence-electron chi connectivity index (χ2n) is 5.84. The van der Waals surface area contributed by atoms with Gasteiger partial charge in [0.2, 0.25) is 0 Å². The van der Waals surface area contributed by atoms with Gasteiger partial charge < -0.3 is 24.8 Å². The number of allylic oxidation sites excluding steroid dienone is 1. The van der Waals surface area contributed by atoms with E-state index in [0.29, 0.717) is 17.7 Å². The highest BCUT2D eigenvalue weighted by molar-refractivity contribution is 5.95. The quantitative estimate of drug-likeness (QED) is 0.524. The van der Waals surface area contributed by atoms with Crippen molar-refractivity contribution in [1.29, 1.82) is 0 Å². The number of amides is 2. The summed E-state index contributed by atoms with van der Waals surface area (Å²) in [5, 5.41) is 5.25. The Morgan fingerprint density at radius 2 is 1.86 bits per heavy atom. The maximum absolute atomic E-state index is 12.6. The lowest BCUT2D eigenvalue weighted by atomic mass is 9.95. The fraction of sp³-hybridized carbons (Fsp3) is 0.350. The third kappa shape index (κ3) is 5.35. The first-order valence-corrected chi connectivity index (χ1v) is 8.95. The van der Waals surface area contributed by atoms with Crippen LogP contribution in [0.2, 0.25) is 0 Å². The Kier molecular flexibility index (Phi) is 7.62. The molecule has 0 saturated heterocycles. The van der Waals surface area contributed by atoms with E-state index in [2.05, 4.69) is 10.6 Å². The number of ether oxygens (including phenoxy) is 3. The van der Waals surface area contributed by atoms with E-state index < -0.39 is 24.0 Å². The van der Waals surface area contributed by atoms with Gasteiger partial charge >= 0.3 is 18.0 Å². The van der Waals surface area contributed by atoms with Gasteiger partial charge in [-0.2, -0.15) is 0 Å². The van der Waals surface area contributed by atoms with Crippen molar-refractivity contribution in [3.63, 3.8) is 0 Å². The Hall–Kier alpha value is -3.29. The van der Waals surface area contributed by atoms with Crippen molar-refractivity contribution in [2.75, 3.05) is 20.3 Å². The Morgan fingerprint density at radius 3 is 2.46 bits per heavy atom. The van der Waals surface area contributed by atoms with Crippen molar-refractivity contribution in [3.05, 3.63) is 53.3 Å². The van der Waals surface area contributed by atoms with Crippen LogP contribution < -0.4 is 15.4 Å². The van der Waals surface area contributed by atoms with Crippen LogP contribution in [0.4, 0.5) is 4.79 Å². The summed E-state index contributed by atoms with van der Waals surface area (Å²) in [6, 6.07) is 5.66. The molecule has 0 spiro atoms. The molecule has 2 N–H and O–H groups in total. The van der Waals surface area contributed by atoms with Crippen LogP contribution in [0.25, 0.3) is 0 Å². The van der Waals surface area contributed by atoms with Gasteiger partial charge in [0.25, 0.3) is 0 Å². The molecular formula is C20H24N2O6. The van der Waals surface area contributed by atoms with E-state index >= 15 is 0 Å². The molecule has 1 aliphatic rings. The maximum Gasteiger partial charge on any atom is 0.338 e. The van der Waals surface area contributed by atoms with Crippen LogP contribution in [0.15, 0.2) is 47.7 Å². The summed E-state index contributed by atoms with van der Waals surface area (Å²) < 4.78 is 15.4. The van der Waals surface area contributed by atoms with Crippen LogP contribution in [0.1, 0.15) is 31.9 Å². The van der Waals surface area contributed by atoms with Crippen LogP contribution in [0.3, 0.4) is 0 Å². The zero-order valence-electron chi connectivity index (χ0n) is 16.1. The van der Waals surface area contributed by atoms with Crippen molar-refractivity contribution in [2.24, 2.45) is 0 Å². The van der Waals surface area contributed by atoms with Crippen molar-refractivity contribution >= 4 is 18.0 Å². The molecule has 1 aliphatic heterocycles. The molecule has 1 aromatic carbocycles. The highest BCUT2D eigenvalue weighted by Gasteiger charge is 2.34. The minimum atomic E-state index is -0.751. The first kappa shape index (κ1) is 21.0. The first-order chi connectivity index (χ1) is 13.5. The molecule has 0 aliphatic carbocycles. The van der Waals surface area contributed by atoms with E-state index in [4.69, 9.17) is 14.2 Å². The minimum absolute atomic E-state index is 0.165. The number of rotatable bonds is 8. The van der Waals surface area contributed by atoms with Crippen LogP contribution in [0, 0.1) is 0 Å². The Bertz CT molecular complexity index is 782. The first-order valence-electron chi connectivity index (χ1n) is 8.95. The number of carbonyl (C=O) groups excluding carboxylic acids is 3. The van der Waals surface area contributed by atoms with Gasteiger partial charge in [-0.1, -0.05) is 25.1 Å². The van der Waals surface area contributed by atoms with Crippen LogP contribution >= 0.6 is 0 Å². The molecule has 28 heavy (non-hydrogen) atoms. The summed E-state index contributed by atoms with van der Waals surface area (Å²) in [4.78, 5) is 36.5. The Balaban J connectivity index is 2.37.